The Morgan fingerprint density at radius 2 is 1.67 bits per heavy atom. The Labute approximate surface area is 88.8 Å². The summed E-state index contributed by atoms with van der Waals surface area (Å²) < 4.78 is 0. The molecule has 0 N–H and O–H groups in total. The molecule has 0 fully saturated rings. The molecule has 15 heavy (non-hydrogen) atoms. The fourth-order valence-electron chi connectivity index (χ4n) is 1.39. The smallest absolute Gasteiger partial charge is 0.0880 e. The van der Waals surface area contributed by atoms with Gasteiger partial charge < -0.3 is 0 Å². The van der Waals surface area contributed by atoms with Gasteiger partial charge in [-0.1, -0.05) is 30.3 Å². The minimum Gasteiger partial charge on any atom is -0.198 e. The second-order valence-electron chi connectivity index (χ2n) is 3.12. The highest BCUT2D eigenvalue weighted by Gasteiger charge is 2.22. The van der Waals surface area contributed by atoms with Crippen molar-refractivity contribution in [2.45, 2.75) is 12.3 Å². The molecule has 0 heterocycles. The zero-order chi connectivity index (χ0) is 11.1. The van der Waals surface area contributed by atoms with E-state index >= 15 is 0 Å². The topological polar surface area (TPSA) is 71.4 Å². The Bertz CT molecular complexity index is 431. The first-order chi connectivity index (χ1) is 7.33. The van der Waals surface area contributed by atoms with E-state index in [1.807, 2.05) is 30.3 Å². The highest BCUT2D eigenvalue weighted by atomic mass is 14.4. The van der Waals surface area contributed by atoms with Gasteiger partial charge in [-0.25, -0.2) is 0 Å². The van der Waals surface area contributed by atoms with Crippen molar-refractivity contribution in [1.29, 1.82) is 15.8 Å². The van der Waals surface area contributed by atoms with Gasteiger partial charge in [0.15, 0.2) is 0 Å². The number of benzene rings is 1. The first-order valence-corrected chi connectivity index (χ1v) is 4.54. The molecule has 1 rings (SSSR count). The van der Waals surface area contributed by atoms with Crippen LogP contribution < -0.4 is 0 Å². The molecule has 2 unspecified atom stereocenters. The van der Waals surface area contributed by atoms with E-state index in [0.29, 0.717) is 0 Å². The van der Waals surface area contributed by atoms with Crippen LogP contribution in [-0.2, 0) is 0 Å². The van der Waals surface area contributed by atoms with Crippen LogP contribution in [0.3, 0.4) is 0 Å². The van der Waals surface area contributed by atoms with Crippen molar-refractivity contribution in [2.75, 3.05) is 0 Å². The summed E-state index contributed by atoms with van der Waals surface area (Å²) in [5, 5.41) is 26.4. The van der Waals surface area contributed by atoms with Crippen LogP contribution in [0.15, 0.2) is 30.3 Å². The first kappa shape index (κ1) is 10.8. The van der Waals surface area contributed by atoms with Gasteiger partial charge in [0.1, 0.15) is 0 Å². The van der Waals surface area contributed by atoms with Crippen LogP contribution in [0.5, 0.6) is 0 Å². The molecule has 0 aromatic heterocycles. The third kappa shape index (κ3) is 2.56. The van der Waals surface area contributed by atoms with Crippen LogP contribution in [0.4, 0.5) is 0 Å². The lowest BCUT2D eigenvalue weighted by Crippen LogP contribution is -2.08. The molecule has 3 heteroatoms. The molecular formula is C12H9N3. The molecular weight excluding hydrogens is 186 g/mol. The number of hydrogen-bond acceptors (Lipinski definition) is 3. The predicted molar refractivity (Wildman–Crippen MR) is 54.1 cm³/mol. The largest absolute Gasteiger partial charge is 0.198 e. The average molecular weight is 195 g/mol. The summed E-state index contributed by atoms with van der Waals surface area (Å²) in [5.41, 5.74) is 0.793. The highest BCUT2D eigenvalue weighted by molar-refractivity contribution is 5.28. The minimum absolute atomic E-state index is 0.0869. The number of nitrogens with zero attached hydrogens (tertiary/aromatic N) is 3. The summed E-state index contributed by atoms with van der Waals surface area (Å²) in [4.78, 5) is 0. The number of rotatable bonds is 3. The van der Waals surface area contributed by atoms with E-state index in [-0.39, 0.29) is 6.42 Å². The average Bonchev–Trinajstić information content (AvgIpc) is 2.30. The summed E-state index contributed by atoms with van der Waals surface area (Å²) in [6.07, 6.45) is 0.0869. The monoisotopic (exact) mass is 195 g/mol. The molecule has 0 saturated carbocycles. The van der Waals surface area contributed by atoms with Gasteiger partial charge in [0.2, 0.25) is 0 Å². The second-order valence-corrected chi connectivity index (χ2v) is 3.12. The lowest BCUT2D eigenvalue weighted by Gasteiger charge is -2.12. The van der Waals surface area contributed by atoms with Crippen molar-refractivity contribution >= 4 is 0 Å². The summed E-state index contributed by atoms with van der Waals surface area (Å²) in [6, 6.07) is 15.1. The van der Waals surface area contributed by atoms with E-state index < -0.39 is 11.8 Å². The molecule has 0 bridgehead atoms. The van der Waals surface area contributed by atoms with E-state index in [1.54, 1.807) is 12.1 Å². The van der Waals surface area contributed by atoms with Gasteiger partial charge in [0.25, 0.3) is 0 Å². The fraction of sp³-hybridized carbons (Fsp3) is 0.250. The van der Waals surface area contributed by atoms with E-state index in [4.69, 9.17) is 15.8 Å². The molecule has 0 spiro atoms. The molecule has 2 atom stereocenters. The van der Waals surface area contributed by atoms with Gasteiger partial charge in [-0.05, 0) is 5.56 Å². The molecule has 1 aromatic rings. The summed E-state index contributed by atoms with van der Waals surface area (Å²) >= 11 is 0. The summed E-state index contributed by atoms with van der Waals surface area (Å²) in [5.74, 6) is -1.07. The maximum atomic E-state index is 9.00. The van der Waals surface area contributed by atoms with Crippen molar-refractivity contribution in [1.82, 2.24) is 0 Å². The highest BCUT2D eigenvalue weighted by Crippen LogP contribution is 2.25. The van der Waals surface area contributed by atoms with Gasteiger partial charge >= 0.3 is 0 Å². The Balaban J connectivity index is 2.96. The molecule has 1 aromatic carbocycles. The van der Waals surface area contributed by atoms with Crippen molar-refractivity contribution in [3.63, 3.8) is 0 Å². The van der Waals surface area contributed by atoms with Crippen molar-refractivity contribution in [3.8, 4) is 18.2 Å². The lowest BCUT2D eigenvalue weighted by atomic mass is 9.86. The molecule has 0 radical (unpaired) electrons. The summed E-state index contributed by atoms with van der Waals surface area (Å²) in [7, 11) is 0. The predicted octanol–water partition coefficient (Wildman–Crippen LogP) is 2.35. The number of nitriles is 3. The third-order valence-electron chi connectivity index (χ3n) is 2.18. The van der Waals surface area contributed by atoms with Gasteiger partial charge in [-0.2, -0.15) is 15.8 Å². The standard InChI is InChI=1S/C12H9N3/c13-7-6-11(8-14)12(9-15)10-4-2-1-3-5-10/h1-5,11-12H,6H2. The van der Waals surface area contributed by atoms with Crippen LogP contribution in [-0.4, -0.2) is 0 Å². The van der Waals surface area contributed by atoms with E-state index in [9.17, 15) is 0 Å². The van der Waals surface area contributed by atoms with Crippen molar-refractivity contribution in [2.24, 2.45) is 5.92 Å². The van der Waals surface area contributed by atoms with Gasteiger partial charge in [-0.15, -0.1) is 0 Å². The molecule has 3 nitrogen and oxygen atoms in total. The van der Waals surface area contributed by atoms with E-state index in [2.05, 4.69) is 6.07 Å². The second kappa shape index (κ2) is 5.43. The van der Waals surface area contributed by atoms with Gasteiger partial charge in [0.05, 0.1) is 36.5 Å². The molecule has 72 valence electrons. The van der Waals surface area contributed by atoms with Crippen LogP contribution >= 0.6 is 0 Å². The first-order valence-electron chi connectivity index (χ1n) is 4.54. The normalized spacial score (nSPS) is 12.9. The lowest BCUT2D eigenvalue weighted by molar-refractivity contribution is 0.619. The Morgan fingerprint density at radius 3 is 2.13 bits per heavy atom. The van der Waals surface area contributed by atoms with Crippen LogP contribution in [0.1, 0.15) is 17.9 Å². The fourth-order valence-corrected chi connectivity index (χ4v) is 1.39. The SMILES string of the molecule is N#CCC(C#N)C(C#N)c1ccccc1. The zero-order valence-electron chi connectivity index (χ0n) is 8.09. The van der Waals surface area contributed by atoms with Crippen LogP contribution in [0.2, 0.25) is 0 Å². The molecule has 0 saturated heterocycles. The minimum atomic E-state index is -0.553. The van der Waals surface area contributed by atoms with E-state index in [0.717, 1.165) is 5.56 Å². The third-order valence-corrected chi connectivity index (χ3v) is 2.18. The quantitative estimate of drug-likeness (QED) is 0.743. The van der Waals surface area contributed by atoms with Crippen molar-refractivity contribution < 1.29 is 0 Å². The Kier molecular flexibility index (Phi) is 3.90. The van der Waals surface area contributed by atoms with Crippen LogP contribution in [0, 0.1) is 39.9 Å². The molecule has 0 amide bonds. The Hall–Kier alpha value is -2.31. The van der Waals surface area contributed by atoms with Gasteiger partial charge in [-0.3, -0.25) is 0 Å². The van der Waals surface area contributed by atoms with Gasteiger partial charge in [0, 0.05) is 0 Å². The van der Waals surface area contributed by atoms with Crippen LogP contribution in [0.25, 0.3) is 0 Å². The number of hydrogen-bond donors (Lipinski definition) is 0. The molecule has 0 aliphatic carbocycles. The zero-order valence-corrected chi connectivity index (χ0v) is 8.09. The summed E-state index contributed by atoms with van der Waals surface area (Å²) in [6.45, 7) is 0. The molecule has 0 aliphatic heterocycles. The van der Waals surface area contributed by atoms with Crippen molar-refractivity contribution in [3.05, 3.63) is 35.9 Å². The van der Waals surface area contributed by atoms with E-state index in [1.165, 1.54) is 0 Å². The maximum Gasteiger partial charge on any atom is 0.0880 e. The maximum absolute atomic E-state index is 9.00. The Morgan fingerprint density at radius 1 is 1.00 bits per heavy atom. The molecule has 0 aliphatic rings.